The lowest BCUT2D eigenvalue weighted by Crippen LogP contribution is -2.43. The lowest BCUT2D eigenvalue weighted by atomic mass is 10.2. The summed E-state index contributed by atoms with van der Waals surface area (Å²) in [5.74, 6) is 0.683. The van der Waals surface area contributed by atoms with Gasteiger partial charge in [-0.15, -0.1) is 24.0 Å². The number of primary sulfonamides is 1. The van der Waals surface area contributed by atoms with Crippen LogP contribution in [-0.4, -0.2) is 40.7 Å². The normalized spacial score (nSPS) is 13.1. The number of methoxy groups -OCH3 is 1. The van der Waals surface area contributed by atoms with E-state index in [2.05, 4.69) is 15.6 Å². The third kappa shape index (κ3) is 8.49. The zero-order valence-electron chi connectivity index (χ0n) is 13.6. The van der Waals surface area contributed by atoms with E-state index in [0.29, 0.717) is 19.1 Å². The number of sulfonamides is 1. The molecule has 0 aliphatic rings. The number of halogens is 1. The van der Waals surface area contributed by atoms with Gasteiger partial charge in [0.15, 0.2) is 5.96 Å². The third-order valence-corrected chi connectivity index (χ3v) is 3.74. The number of nitrogens with two attached hydrogens (primary N) is 1. The second-order valence-electron chi connectivity index (χ2n) is 4.88. The minimum absolute atomic E-state index is 0. The van der Waals surface area contributed by atoms with E-state index >= 15 is 0 Å². The van der Waals surface area contributed by atoms with Gasteiger partial charge in [0.1, 0.15) is 0 Å². The maximum atomic E-state index is 11.2. The van der Waals surface area contributed by atoms with Crippen LogP contribution in [0.1, 0.15) is 19.4 Å². The first-order chi connectivity index (χ1) is 10.4. The molecule has 7 nitrogen and oxygen atoms in total. The molecule has 0 saturated carbocycles. The van der Waals surface area contributed by atoms with Crippen molar-refractivity contribution in [3.8, 4) is 0 Å². The molecule has 0 spiro atoms. The van der Waals surface area contributed by atoms with Crippen LogP contribution in [0.3, 0.4) is 0 Å². The molecule has 23 heavy (non-hydrogen) atoms. The van der Waals surface area contributed by atoms with Gasteiger partial charge in [-0.05, 0) is 31.5 Å². The zero-order chi connectivity index (χ0) is 16.6. The number of nitrogens with zero attached hydrogens (tertiary/aromatic N) is 1. The fraction of sp³-hybridized carbons (Fsp3) is 0.500. The Labute approximate surface area is 155 Å². The van der Waals surface area contributed by atoms with E-state index in [-0.39, 0.29) is 34.9 Å². The van der Waals surface area contributed by atoms with Gasteiger partial charge in [0.2, 0.25) is 10.0 Å². The van der Waals surface area contributed by atoms with Crippen LogP contribution in [0.2, 0.25) is 0 Å². The largest absolute Gasteiger partial charge is 0.383 e. The minimum Gasteiger partial charge on any atom is -0.383 e. The van der Waals surface area contributed by atoms with E-state index in [1.807, 2.05) is 13.8 Å². The van der Waals surface area contributed by atoms with Crippen LogP contribution in [0.25, 0.3) is 0 Å². The molecule has 0 radical (unpaired) electrons. The van der Waals surface area contributed by atoms with Gasteiger partial charge in [0, 0.05) is 19.7 Å². The van der Waals surface area contributed by atoms with E-state index in [9.17, 15) is 8.42 Å². The number of hydrogen-bond donors (Lipinski definition) is 3. The summed E-state index contributed by atoms with van der Waals surface area (Å²) in [5, 5.41) is 11.4. The van der Waals surface area contributed by atoms with E-state index in [1.165, 1.54) is 12.1 Å². The molecule has 0 aliphatic heterocycles. The molecule has 1 atom stereocenters. The van der Waals surface area contributed by atoms with Crippen LogP contribution in [0.5, 0.6) is 0 Å². The van der Waals surface area contributed by atoms with Gasteiger partial charge in [-0.1, -0.05) is 12.1 Å². The highest BCUT2D eigenvalue weighted by Gasteiger charge is 2.07. The molecular formula is C14H25IN4O3S. The van der Waals surface area contributed by atoms with Crippen molar-refractivity contribution in [3.63, 3.8) is 0 Å². The summed E-state index contributed by atoms with van der Waals surface area (Å²) in [6.45, 7) is 5.74. The lowest BCUT2D eigenvalue weighted by molar-refractivity contribution is 0.179. The average molecular weight is 456 g/mol. The smallest absolute Gasteiger partial charge is 0.238 e. The standard InChI is InChI=1S/C14H24N4O3S.HI/c1-4-16-14(18-11(2)10-21-3)17-9-12-5-7-13(8-6-12)22(15,19)20;/h5-8,11H,4,9-10H2,1-3H3,(H2,15,19,20)(H2,16,17,18);1H. The number of benzene rings is 1. The van der Waals surface area contributed by atoms with Gasteiger partial charge < -0.3 is 15.4 Å². The maximum absolute atomic E-state index is 11.2. The number of aliphatic imine (C=N–C) groups is 1. The van der Waals surface area contributed by atoms with E-state index in [1.54, 1.807) is 19.2 Å². The predicted molar refractivity (Wildman–Crippen MR) is 103 cm³/mol. The number of rotatable bonds is 7. The molecule has 0 amide bonds. The van der Waals surface area contributed by atoms with E-state index < -0.39 is 10.0 Å². The molecule has 0 saturated heterocycles. The van der Waals surface area contributed by atoms with E-state index in [0.717, 1.165) is 12.1 Å². The van der Waals surface area contributed by atoms with Crippen molar-refractivity contribution in [1.29, 1.82) is 0 Å². The summed E-state index contributed by atoms with van der Waals surface area (Å²) in [5.41, 5.74) is 0.893. The van der Waals surface area contributed by atoms with Crippen LogP contribution >= 0.6 is 24.0 Å². The summed E-state index contributed by atoms with van der Waals surface area (Å²) in [6, 6.07) is 6.49. The monoisotopic (exact) mass is 456 g/mol. The Bertz CT molecular complexity index is 591. The van der Waals surface area contributed by atoms with Crippen molar-refractivity contribution in [2.24, 2.45) is 10.1 Å². The Hall–Kier alpha value is -0.910. The minimum atomic E-state index is -3.66. The first-order valence-corrected chi connectivity index (χ1v) is 8.57. The first-order valence-electron chi connectivity index (χ1n) is 7.02. The van der Waals surface area contributed by atoms with Gasteiger partial charge >= 0.3 is 0 Å². The Balaban J connectivity index is 0.00000484. The highest BCUT2D eigenvalue weighted by atomic mass is 127. The van der Waals surface area contributed by atoms with Crippen LogP contribution in [-0.2, 0) is 21.3 Å². The van der Waals surface area contributed by atoms with Crippen molar-refractivity contribution in [3.05, 3.63) is 29.8 Å². The van der Waals surface area contributed by atoms with Gasteiger partial charge in [0.05, 0.1) is 18.0 Å². The Kier molecular flexibility index (Phi) is 10.4. The van der Waals surface area contributed by atoms with Gasteiger partial charge in [-0.25, -0.2) is 18.5 Å². The molecular weight excluding hydrogens is 431 g/mol. The summed E-state index contributed by atoms with van der Waals surface area (Å²) in [6.07, 6.45) is 0. The highest BCUT2D eigenvalue weighted by Crippen LogP contribution is 2.09. The fourth-order valence-corrected chi connectivity index (χ4v) is 2.32. The summed E-state index contributed by atoms with van der Waals surface area (Å²) >= 11 is 0. The van der Waals surface area contributed by atoms with Crippen molar-refractivity contribution in [2.75, 3.05) is 20.3 Å². The average Bonchev–Trinajstić information content (AvgIpc) is 2.45. The van der Waals surface area contributed by atoms with E-state index in [4.69, 9.17) is 9.88 Å². The molecule has 0 heterocycles. The number of hydrogen-bond acceptors (Lipinski definition) is 4. The molecule has 1 aromatic carbocycles. The highest BCUT2D eigenvalue weighted by molar-refractivity contribution is 14.0. The zero-order valence-corrected chi connectivity index (χ0v) is 16.7. The molecule has 1 unspecified atom stereocenters. The van der Waals surface area contributed by atoms with Gasteiger partial charge in [0.25, 0.3) is 0 Å². The number of ether oxygens (including phenoxy) is 1. The summed E-state index contributed by atoms with van der Waals surface area (Å²) in [7, 11) is -2.01. The molecule has 0 aromatic heterocycles. The lowest BCUT2D eigenvalue weighted by Gasteiger charge is -2.17. The molecule has 4 N–H and O–H groups in total. The van der Waals surface area contributed by atoms with Crippen molar-refractivity contribution in [1.82, 2.24) is 10.6 Å². The molecule has 132 valence electrons. The van der Waals surface area contributed by atoms with Crippen LogP contribution in [0.15, 0.2) is 34.2 Å². The number of nitrogens with one attached hydrogen (secondary N) is 2. The second-order valence-corrected chi connectivity index (χ2v) is 6.45. The SMILES string of the molecule is CCNC(=NCc1ccc(S(N)(=O)=O)cc1)NC(C)COC.I. The fourth-order valence-electron chi connectivity index (χ4n) is 1.80. The second kappa shape index (κ2) is 10.8. The molecule has 0 aliphatic carbocycles. The summed E-state index contributed by atoms with van der Waals surface area (Å²) in [4.78, 5) is 4.55. The predicted octanol–water partition coefficient (Wildman–Crippen LogP) is 1.04. The first kappa shape index (κ1) is 22.1. The molecule has 9 heteroatoms. The van der Waals surface area contributed by atoms with Crippen molar-refractivity contribution < 1.29 is 13.2 Å². The molecule has 1 rings (SSSR count). The Morgan fingerprint density at radius 1 is 1.35 bits per heavy atom. The number of guanidine groups is 1. The van der Waals surface area contributed by atoms with Crippen LogP contribution in [0, 0.1) is 0 Å². The van der Waals surface area contributed by atoms with Crippen LogP contribution < -0.4 is 15.8 Å². The Morgan fingerprint density at radius 3 is 2.43 bits per heavy atom. The van der Waals surface area contributed by atoms with Crippen molar-refractivity contribution >= 4 is 40.0 Å². The molecule has 0 fully saturated rings. The van der Waals surface area contributed by atoms with Gasteiger partial charge in [-0.2, -0.15) is 0 Å². The van der Waals surface area contributed by atoms with Crippen LogP contribution in [0.4, 0.5) is 0 Å². The summed E-state index contributed by atoms with van der Waals surface area (Å²) < 4.78 is 27.5. The van der Waals surface area contributed by atoms with Crippen molar-refractivity contribution in [2.45, 2.75) is 31.3 Å². The topological polar surface area (TPSA) is 106 Å². The quantitative estimate of drug-likeness (QED) is 0.323. The molecule has 1 aromatic rings. The van der Waals surface area contributed by atoms with Gasteiger partial charge in [-0.3, -0.25) is 0 Å². The Morgan fingerprint density at radius 2 is 1.96 bits per heavy atom. The molecule has 0 bridgehead atoms. The third-order valence-electron chi connectivity index (χ3n) is 2.82. The maximum Gasteiger partial charge on any atom is 0.238 e.